The average Bonchev–Trinajstić information content (AvgIpc) is 2.35. The fourth-order valence-corrected chi connectivity index (χ4v) is 0.785. The van der Waals surface area contributed by atoms with E-state index < -0.39 is 15.6 Å². The minimum absolute atomic E-state index is 0.267. The lowest BCUT2D eigenvalue weighted by atomic mass is 10.1. The van der Waals surface area contributed by atoms with Gasteiger partial charge in [-0.05, 0) is 6.42 Å². The number of unbranched alkanes of at least 4 members (excludes halogenated alkanes) is 3. The highest BCUT2D eigenvalue weighted by Gasteiger charge is 2.44. The van der Waals surface area contributed by atoms with Crippen molar-refractivity contribution in [3.63, 3.8) is 0 Å². The zero-order valence-corrected chi connectivity index (χ0v) is 12.0. The summed E-state index contributed by atoms with van der Waals surface area (Å²) in [5, 5.41) is 0. The second-order valence-electron chi connectivity index (χ2n) is 3.32. The molecule has 0 unspecified atom stereocenters. The number of ketones is 1. The number of carbonyl (C=O) groups is 2. The first kappa shape index (κ1) is 23.8. The molecule has 0 radical (unpaired) electrons. The van der Waals surface area contributed by atoms with Crippen LogP contribution in [0.25, 0.3) is 0 Å². The van der Waals surface area contributed by atoms with E-state index in [2.05, 4.69) is 20.1 Å². The van der Waals surface area contributed by atoms with Crippen LogP contribution in [0, 0.1) is 0 Å². The predicted octanol–water partition coefficient (Wildman–Crippen LogP) is 2.92. The van der Waals surface area contributed by atoms with Crippen molar-refractivity contribution < 1.29 is 35.7 Å². The first-order valence-corrected chi connectivity index (χ1v) is 7.02. The molecule has 5 nitrogen and oxygen atoms in total. The molecule has 0 aromatic rings. The Labute approximate surface area is 116 Å². The first-order chi connectivity index (χ1) is 9.06. The van der Waals surface area contributed by atoms with Gasteiger partial charge < -0.3 is 0 Å². The van der Waals surface area contributed by atoms with Crippen LogP contribution in [-0.2, 0) is 19.7 Å². The molecule has 0 aromatic carbocycles. The Morgan fingerprint density at radius 3 is 1.85 bits per heavy atom. The van der Waals surface area contributed by atoms with E-state index in [1.165, 1.54) is 0 Å². The van der Waals surface area contributed by atoms with Crippen molar-refractivity contribution in [1.29, 1.82) is 0 Å². The molecule has 0 fully saturated rings. The van der Waals surface area contributed by atoms with E-state index in [4.69, 9.17) is 13.0 Å². The molecule has 0 aliphatic rings. The van der Waals surface area contributed by atoms with E-state index in [-0.39, 0.29) is 5.78 Å². The molecule has 0 saturated carbocycles. The SMILES string of the molecule is C=C.CCCCCCC(=O)C=O.O=S(=O)(O)C(F)(F)F. The largest absolute Gasteiger partial charge is 0.522 e. The summed E-state index contributed by atoms with van der Waals surface area (Å²) in [5.74, 6) is -0.267. The summed E-state index contributed by atoms with van der Waals surface area (Å²) in [6, 6.07) is 0. The van der Waals surface area contributed by atoms with Crippen LogP contribution in [0.3, 0.4) is 0 Å². The van der Waals surface area contributed by atoms with Crippen molar-refractivity contribution in [1.82, 2.24) is 0 Å². The summed E-state index contributed by atoms with van der Waals surface area (Å²) < 4.78 is 57.5. The first-order valence-electron chi connectivity index (χ1n) is 5.58. The van der Waals surface area contributed by atoms with Gasteiger partial charge in [-0.2, -0.15) is 21.6 Å². The molecule has 0 aliphatic carbocycles. The van der Waals surface area contributed by atoms with Gasteiger partial charge in [-0.1, -0.05) is 26.2 Å². The maximum atomic E-state index is 10.7. The number of hydrogen-bond acceptors (Lipinski definition) is 4. The molecule has 0 heterocycles. The Morgan fingerprint density at radius 1 is 1.20 bits per heavy atom. The lowest BCUT2D eigenvalue weighted by Gasteiger charge is -1.97. The van der Waals surface area contributed by atoms with Crippen molar-refractivity contribution in [3.8, 4) is 0 Å². The van der Waals surface area contributed by atoms with Crippen LogP contribution < -0.4 is 0 Å². The van der Waals surface area contributed by atoms with Gasteiger partial charge >= 0.3 is 15.6 Å². The zero-order valence-electron chi connectivity index (χ0n) is 11.1. The lowest BCUT2D eigenvalue weighted by Crippen LogP contribution is -2.21. The Hall–Kier alpha value is -1.22. The van der Waals surface area contributed by atoms with Crippen molar-refractivity contribution in [3.05, 3.63) is 13.2 Å². The molecule has 9 heteroatoms. The van der Waals surface area contributed by atoms with Gasteiger partial charge in [-0.15, -0.1) is 13.2 Å². The highest BCUT2D eigenvalue weighted by molar-refractivity contribution is 7.86. The highest BCUT2D eigenvalue weighted by Crippen LogP contribution is 2.20. The number of rotatable bonds is 6. The maximum absolute atomic E-state index is 10.7. The van der Waals surface area contributed by atoms with E-state index in [0.717, 1.165) is 25.7 Å². The van der Waals surface area contributed by atoms with Gasteiger partial charge in [0.1, 0.15) is 0 Å². The molecule has 0 spiro atoms. The van der Waals surface area contributed by atoms with Gasteiger partial charge in [0, 0.05) is 6.42 Å². The topological polar surface area (TPSA) is 88.5 Å². The fourth-order valence-electron chi connectivity index (χ4n) is 0.785. The van der Waals surface area contributed by atoms with E-state index >= 15 is 0 Å². The van der Waals surface area contributed by atoms with Crippen LogP contribution in [-0.4, -0.2) is 30.5 Å². The van der Waals surface area contributed by atoms with Gasteiger partial charge in [0.15, 0.2) is 12.1 Å². The highest BCUT2D eigenvalue weighted by atomic mass is 32.2. The summed E-state index contributed by atoms with van der Waals surface area (Å²) in [6.07, 6.45) is 5.10. The molecule has 0 aliphatic heterocycles. The Kier molecular flexibility index (Phi) is 15.3. The molecule has 0 bridgehead atoms. The smallest absolute Gasteiger partial charge is 0.295 e. The summed E-state index contributed by atoms with van der Waals surface area (Å²) in [6.45, 7) is 8.11. The van der Waals surface area contributed by atoms with E-state index in [9.17, 15) is 22.8 Å². The summed E-state index contributed by atoms with van der Waals surface area (Å²) in [7, 11) is -5.84. The minimum atomic E-state index is -5.84. The van der Waals surface area contributed by atoms with Crippen LogP contribution in [0.1, 0.15) is 39.0 Å². The fraction of sp³-hybridized carbons (Fsp3) is 0.636. The number of alkyl halides is 3. The van der Waals surface area contributed by atoms with Gasteiger partial charge in [-0.25, -0.2) is 0 Å². The van der Waals surface area contributed by atoms with Crippen molar-refractivity contribution >= 4 is 22.2 Å². The summed E-state index contributed by atoms with van der Waals surface area (Å²) in [4.78, 5) is 20.2. The van der Waals surface area contributed by atoms with E-state index in [0.29, 0.717) is 12.7 Å². The quantitative estimate of drug-likeness (QED) is 0.203. The van der Waals surface area contributed by atoms with Crippen molar-refractivity contribution in [2.45, 2.75) is 44.5 Å². The molecular formula is C11H19F3O5S. The third-order valence-electron chi connectivity index (χ3n) is 1.70. The Bertz CT molecular complexity index is 363. The Morgan fingerprint density at radius 2 is 1.60 bits per heavy atom. The van der Waals surface area contributed by atoms with Gasteiger partial charge in [-0.3, -0.25) is 14.1 Å². The maximum Gasteiger partial charge on any atom is 0.522 e. The Balaban J connectivity index is -0.000000262. The van der Waals surface area contributed by atoms with Gasteiger partial charge in [0.25, 0.3) is 0 Å². The number of Topliss-reactive ketones (excluding diaryl/α,β-unsaturated/α-hetero) is 1. The summed E-state index contributed by atoms with van der Waals surface area (Å²) >= 11 is 0. The molecule has 120 valence electrons. The zero-order chi connectivity index (χ0) is 16.8. The van der Waals surface area contributed by atoms with Crippen LogP contribution in [0.5, 0.6) is 0 Å². The molecule has 0 amide bonds. The van der Waals surface area contributed by atoms with Gasteiger partial charge in [0.2, 0.25) is 0 Å². The molecule has 0 rings (SSSR count). The van der Waals surface area contributed by atoms with Crippen molar-refractivity contribution in [2.75, 3.05) is 0 Å². The van der Waals surface area contributed by atoms with Crippen molar-refractivity contribution in [2.24, 2.45) is 0 Å². The number of carbonyl (C=O) groups excluding carboxylic acids is 2. The molecule has 0 atom stereocenters. The second-order valence-corrected chi connectivity index (χ2v) is 4.73. The molecule has 1 N–H and O–H groups in total. The van der Waals surface area contributed by atoms with Gasteiger partial charge in [0.05, 0.1) is 0 Å². The number of halogens is 3. The molecular weight excluding hydrogens is 301 g/mol. The molecule has 0 aromatic heterocycles. The van der Waals surface area contributed by atoms with Crippen LogP contribution in [0.2, 0.25) is 0 Å². The normalized spacial score (nSPS) is 10.4. The monoisotopic (exact) mass is 320 g/mol. The standard InChI is InChI=1S/C8H14O2.C2H4.CHF3O3S/c1-2-3-4-5-6-8(10)7-9;1-2;2-1(3,4)8(5,6)7/h7H,2-6H2,1H3;1-2H2;(H,5,6,7). The van der Waals surface area contributed by atoms with Crippen LogP contribution in [0.4, 0.5) is 13.2 Å². The van der Waals surface area contributed by atoms with E-state index in [1.54, 1.807) is 0 Å². The average molecular weight is 320 g/mol. The number of aldehydes is 1. The predicted molar refractivity (Wildman–Crippen MR) is 68.7 cm³/mol. The number of hydrogen-bond donors (Lipinski definition) is 1. The molecule has 0 saturated heterocycles. The second kappa shape index (κ2) is 12.8. The van der Waals surface area contributed by atoms with Crippen LogP contribution in [0.15, 0.2) is 13.2 Å². The van der Waals surface area contributed by atoms with Crippen LogP contribution >= 0.6 is 0 Å². The third kappa shape index (κ3) is 16.8. The summed E-state index contributed by atoms with van der Waals surface area (Å²) in [5.41, 5.74) is -5.53. The minimum Gasteiger partial charge on any atom is -0.295 e. The molecule has 20 heavy (non-hydrogen) atoms. The lowest BCUT2D eigenvalue weighted by molar-refractivity contribution is -0.129. The third-order valence-corrected chi connectivity index (χ3v) is 2.29. The van der Waals surface area contributed by atoms with E-state index in [1.807, 2.05) is 0 Å².